The number of para-hydroxylation sites is 2. The van der Waals surface area contributed by atoms with Gasteiger partial charge < -0.3 is 19.1 Å². The molecule has 2 aromatic carbocycles. The van der Waals surface area contributed by atoms with E-state index in [-0.39, 0.29) is 5.78 Å². The third kappa shape index (κ3) is 3.24. The van der Waals surface area contributed by atoms with E-state index in [4.69, 9.17) is 24.2 Å². The van der Waals surface area contributed by atoms with Crippen molar-refractivity contribution in [3.05, 3.63) is 47.7 Å². The summed E-state index contributed by atoms with van der Waals surface area (Å²) in [6.07, 6.45) is 1.80. The highest BCUT2D eigenvalue weighted by atomic mass is 16.5. The van der Waals surface area contributed by atoms with Crippen LogP contribution in [0.25, 0.3) is 11.0 Å². The molecule has 0 N–H and O–H groups in total. The molecule has 3 heterocycles. The number of hydrogen-bond acceptors (Lipinski definition) is 7. The number of rotatable bonds is 3. The summed E-state index contributed by atoms with van der Waals surface area (Å²) in [6, 6.07) is 11.4. The number of carbonyl (C=O) groups is 1. The van der Waals surface area contributed by atoms with Crippen LogP contribution in [0.3, 0.4) is 0 Å². The molecule has 0 amide bonds. The third-order valence-electron chi connectivity index (χ3n) is 6.30. The molecule has 5 rings (SSSR count). The Morgan fingerprint density at radius 3 is 2.39 bits per heavy atom. The molecule has 0 unspecified atom stereocenters. The van der Waals surface area contributed by atoms with E-state index in [9.17, 15) is 4.79 Å². The van der Waals surface area contributed by atoms with Gasteiger partial charge in [0.05, 0.1) is 42.9 Å². The predicted molar refractivity (Wildman–Crippen MR) is 118 cm³/mol. The maximum atomic E-state index is 13.0. The summed E-state index contributed by atoms with van der Waals surface area (Å²) >= 11 is 0. The molecule has 2 aliphatic heterocycles. The number of aryl methyl sites for hydroxylation is 1. The fourth-order valence-electron chi connectivity index (χ4n) is 4.64. The molecule has 160 valence electrons. The van der Waals surface area contributed by atoms with Crippen molar-refractivity contribution >= 4 is 22.6 Å². The summed E-state index contributed by atoms with van der Waals surface area (Å²) in [7, 11) is 3.15. The van der Waals surface area contributed by atoms with Crippen molar-refractivity contribution in [3.63, 3.8) is 0 Å². The van der Waals surface area contributed by atoms with Crippen molar-refractivity contribution in [2.24, 2.45) is 0 Å². The number of ether oxygens (including phenoxy) is 3. The van der Waals surface area contributed by atoms with Gasteiger partial charge in [-0.15, -0.1) is 0 Å². The van der Waals surface area contributed by atoms with Gasteiger partial charge in [-0.25, -0.2) is 9.97 Å². The smallest absolute Gasteiger partial charge is 0.204 e. The molecular formula is C24H25N3O4. The van der Waals surface area contributed by atoms with Crippen molar-refractivity contribution < 1.29 is 19.0 Å². The summed E-state index contributed by atoms with van der Waals surface area (Å²) < 4.78 is 17.4. The number of hydrogen-bond donors (Lipinski definition) is 0. The second kappa shape index (κ2) is 7.41. The van der Waals surface area contributed by atoms with E-state index in [1.165, 1.54) is 0 Å². The van der Waals surface area contributed by atoms with Crippen LogP contribution in [0, 0.1) is 6.92 Å². The molecule has 0 radical (unpaired) electrons. The first-order valence-electron chi connectivity index (χ1n) is 10.5. The average Bonchev–Trinajstić information content (AvgIpc) is 2.78. The number of carbonyl (C=O) groups excluding carboxylic acids is 1. The quantitative estimate of drug-likeness (QED) is 0.636. The van der Waals surface area contributed by atoms with Gasteiger partial charge in [0.2, 0.25) is 5.75 Å². The van der Waals surface area contributed by atoms with Gasteiger partial charge in [-0.2, -0.15) is 0 Å². The molecule has 0 atom stereocenters. The summed E-state index contributed by atoms with van der Waals surface area (Å²) in [5, 5.41) is 0. The Balaban J connectivity index is 1.42. The average molecular weight is 419 g/mol. The van der Waals surface area contributed by atoms with E-state index < -0.39 is 5.60 Å². The van der Waals surface area contributed by atoms with Gasteiger partial charge in [0.25, 0.3) is 0 Å². The van der Waals surface area contributed by atoms with Crippen LogP contribution in [0.5, 0.6) is 17.2 Å². The van der Waals surface area contributed by atoms with Gasteiger partial charge in [0.15, 0.2) is 23.1 Å². The van der Waals surface area contributed by atoms with Crippen molar-refractivity contribution in [1.82, 2.24) is 9.97 Å². The van der Waals surface area contributed by atoms with Gasteiger partial charge in [-0.05, 0) is 31.2 Å². The van der Waals surface area contributed by atoms with E-state index in [1.807, 2.05) is 31.2 Å². The second-order valence-electron chi connectivity index (χ2n) is 8.17. The Labute approximate surface area is 181 Å². The molecule has 1 fully saturated rings. The third-order valence-corrected chi connectivity index (χ3v) is 6.30. The normalized spacial score (nSPS) is 17.4. The van der Waals surface area contributed by atoms with E-state index in [1.54, 1.807) is 26.4 Å². The molecule has 1 saturated heterocycles. The minimum atomic E-state index is -0.543. The fraction of sp³-hybridized carbons (Fsp3) is 0.375. The molecule has 0 aliphatic carbocycles. The Hall–Kier alpha value is -3.35. The Morgan fingerprint density at radius 2 is 1.71 bits per heavy atom. The lowest BCUT2D eigenvalue weighted by Gasteiger charge is -2.44. The Kier molecular flexibility index (Phi) is 4.68. The first-order chi connectivity index (χ1) is 15.0. The zero-order valence-electron chi connectivity index (χ0n) is 18.0. The first kappa shape index (κ1) is 19.6. The van der Waals surface area contributed by atoms with Crippen LogP contribution in [0.2, 0.25) is 0 Å². The first-order valence-corrected chi connectivity index (χ1v) is 10.5. The van der Waals surface area contributed by atoms with Crippen LogP contribution in [-0.4, -0.2) is 48.7 Å². The topological polar surface area (TPSA) is 73.8 Å². The van der Waals surface area contributed by atoms with Gasteiger partial charge >= 0.3 is 0 Å². The molecule has 0 saturated carbocycles. The highest BCUT2D eigenvalue weighted by Gasteiger charge is 2.45. The summed E-state index contributed by atoms with van der Waals surface area (Å²) in [5.41, 5.74) is 2.71. The number of Topliss-reactive ketones (excluding diaryl/α,β-unsaturated/α-hetero) is 1. The summed E-state index contributed by atoms with van der Waals surface area (Å²) in [4.78, 5) is 24.8. The number of benzene rings is 2. The molecule has 0 bridgehead atoms. The number of fused-ring (bicyclic) bond motifs is 2. The lowest BCUT2D eigenvalue weighted by molar-refractivity contribution is 0.0207. The van der Waals surface area contributed by atoms with E-state index in [2.05, 4.69) is 4.90 Å². The lowest BCUT2D eigenvalue weighted by Crippen LogP contribution is -2.51. The molecule has 3 aromatic rings. The highest BCUT2D eigenvalue weighted by Crippen LogP contribution is 2.48. The summed E-state index contributed by atoms with van der Waals surface area (Å²) in [6.45, 7) is 3.47. The molecule has 7 nitrogen and oxygen atoms in total. The predicted octanol–water partition coefficient (Wildman–Crippen LogP) is 3.96. The van der Waals surface area contributed by atoms with Crippen LogP contribution in [0.15, 0.2) is 36.4 Å². The van der Waals surface area contributed by atoms with Gasteiger partial charge in [-0.1, -0.05) is 12.1 Å². The zero-order chi connectivity index (χ0) is 21.6. The number of piperidine rings is 1. The van der Waals surface area contributed by atoms with E-state index in [0.717, 1.165) is 35.6 Å². The van der Waals surface area contributed by atoms with Crippen LogP contribution < -0.4 is 19.1 Å². The summed E-state index contributed by atoms with van der Waals surface area (Å²) in [5.74, 6) is 2.51. The van der Waals surface area contributed by atoms with Crippen molar-refractivity contribution in [2.45, 2.75) is 31.8 Å². The molecule has 1 spiro atoms. The monoisotopic (exact) mass is 419 g/mol. The minimum absolute atomic E-state index is 0.0809. The van der Waals surface area contributed by atoms with Gasteiger partial charge in [0.1, 0.15) is 5.60 Å². The molecule has 31 heavy (non-hydrogen) atoms. The van der Waals surface area contributed by atoms with Crippen molar-refractivity contribution in [2.75, 3.05) is 32.2 Å². The second-order valence-corrected chi connectivity index (χ2v) is 8.17. The Morgan fingerprint density at radius 1 is 1.00 bits per heavy atom. The molecule has 2 aliphatic rings. The number of ketones is 1. The lowest BCUT2D eigenvalue weighted by atomic mass is 9.82. The maximum absolute atomic E-state index is 13.0. The van der Waals surface area contributed by atoms with Crippen LogP contribution in [0.4, 0.5) is 5.82 Å². The molecule has 1 aromatic heterocycles. The van der Waals surface area contributed by atoms with E-state index in [0.29, 0.717) is 42.1 Å². The molecular weight excluding hydrogens is 394 g/mol. The van der Waals surface area contributed by atoms with Crippen LogP contribution >= 0.6 is 0 Å². The number of aromatic nitrogens is 2. The SMILES string of the molecule is COc1ccc2c(c1OC)OC1(CCN(c3nc4ccccc4nc3C)CC1)CC2=O. The van der Waals surface area contributed by atoms with E-state index >= 15 is 0 Å². The van der Waals surface area contributed by atoms with Crippen molar-refractivity contribution in [1.29, 1.82) is 0 Å². The molecule has 7 heteroatoms. The van der Waals surface area contributed by atoms with Gasteiger partial charge in [0, 0.05) is 25.9 Å². The number of methoxy groups -OCH3 is 2. The van der Waals surface area contributed by atoms with Gasteiger partial charge in [-0.3, -0.25) is 4.79 Å². The minimum Gasteiger partial charge on any atom is -0.493 e. The van der Waals surface area contributed by atoms with Crippen molar-refractivity contribution in [3.8, 4) is 17.2 Å². The fourth-order valence-corrected chi connectivity index (χ4v) is 4.64. The standard InChI is InChI=1S/C24H25N3O4/c1-15-23(26-18-7-5-4-6-17(18)25-15)27-12-10-24(11-13-27)14-19(28)16-8-9-20(29-2)22(30-3)21(16)31-24/h4-9H,10-14H2,1-3H3. The zero-order valence-corrected chi connectivity index (χ0v) is 18.0. The maximum Gasteiger partial charge on any atom is 0.204 e. The highest BCUT2D eigenvalue weighted by molar-refractivity contribution is 6.01. The number of anilines is 1. The Bertz CT molecular complexity index is 1170. The number of nitrogens with zero attached hydrogens (tertiary/aromatic N) is 3. The largest absolute Gasteiger partial charge is 0.493 e. The van der Waals surface area contributed by atoms with Crippen LogP contribution in [-0.2, 0) is 0 Å². The van der Waals surface area contributed by atoms with Crippen LogP contribution in [0.1, 0.15) is 35.3 Å².